The Bertz CT molecular complexity index is 1280. The van der Waals surface area contributed by atoms with Crippen LogP contribution in [0.15, 0.2) is 36.7 Å². The number of aromatic nitrogens is 5. The fraction of sp³-hybridized carbons (Fsp3) is 0.348. The highest BCUT2D eigenvalue weighted by Gasteiger charge is 2.23. The van der Waals surface area contributed by atoms with Crippen molar-refractivity contribution in [3.8, 4) is 17.0 Å². The number of fused-ring (bicyclic) bond motifs is 2. The maximum absolute atomic E-state index is 11.3. The largest absolute Gasteiger partial charge is 0.480 e. The summed E-state index contributed by atoms with van der Waals surface area (Å²) < 4.78 is 5.65. The van der Waals surface area contributed by atoms with Gasteiger partial charge in [-0.1, -0.05) is 6.07 Å². The molecule has 32 heavy (non-hydrogen) atoms. The van der Waals surface area contributed by atoms with Crippen LogP contribution in [0.1, 0.15) is 32.6 Å². The van der Waals surface area contributed by atoms with Gasteiger partial charge in [-0.15, -0.1) is 0 Å². The van der Waals surface area contributed by atoms with E-state index in [1.807, 2.05) is 24.4 Å². The molecular weight excluding hydrogens is 406 g/mol. The van der Waals surface area contributed by atoms with Crippen LogP contribution in [0, 0.1) is 0 Å². The number of H-pyrrole nitrogens is 1. The van der Waals surface area contributed by atoms with Crippen LogP contribution in [0.5, 0.6) is 5.88 Å². The number of aromatic amines is 1. The van der Waals surface area contributed by atoms with Crippen molar-refractivity contribution >= 4 is 33.8 Å². The van der Waals surface area contributed by atoms with E-state index in [2.05, 4.69) is 36.9 Å². The summed E-state index contributed by atoms with van der Waals surface area (Å²) in [6.45, 7) is 1.57. The summed E-state index contributed by atoms with van der Waals surface area (Å²) in [7, 11) is 1.62. The summed E-state index contributed by atoms with van der Waals surface area (Å²) >= 11 is 0. The third-order valence-electron chi connectivity index (χ3n) is 5.98. The van der Waals surface area contributed by atoms with Crippen LogP contribution < -0.4 is 15.4 Å². The van der Waals surface area contributed by atoms with E-state index in [4.69, 9.17) is 9.72 Å². The minimum Gasteiger partial charge on any atom is -0.480 e. The van der Waals surface area contributed by atoms with Crippen molar-refractivity contribution in [2.45, 2.75) is 44.7 Å². The molecule has 1 aromatic carbocycles. The molecule has 1 amide bonds. The Balaban J connectivity index is 1.41. The number of carbonyl (C=O) groups is 1. The van der Waals surface area contributed by atoms with Crippen molar-refractivity contribution in [3.05, 3.63) is 36.7 Å². The van der Waals surface area contributed by atoms with E-state index in [0.29, 0.717) is 17.5 Å². The molecule has 1 aliphatic rings. The van der Waals surface area contributed by atoms with Crippen LogP contribution in [0.2, 0.25) is 0 Å². The monoisotopic (exact) mass is 431 g/mol. The average molecular weight is 432 g/mol. The molecule has 3 aromatic heterocycles. The summed E-state index contributed by atoms with van der Waals surface area (Å²) in [6, 6.07) is 8.50. The molecule has 9 heteroatoms. The van der Waals surface area contributed by atoms with Crippen LogP contribution >= 0.6 is 0 Å². The Morgan fingerprint density at radius 1 is 1.12 bits per heavy atom. The number of hydrogen-bond acceptors (Lipinski definition) is 7. The van der Waals surface area contributed by atoms with E-state index < -0.39 is 0 Å². The number of methoxy groups -OCH3 is 1. The van der Waals surface area contributed by atoms with Gasteiger partial charge in [-0.05, 0) is 49.4 Å². The van der Waals surface area contributed by atoms with Gasteiger partial charge in [0.15, 0.2) is 0 Å². The Morgan fingerprint density at radius 2 is 1.94 bits per heavy atom. The molecule has 164 valence electrons. The number of carbonyl (C=O) groups excluding carboxylic acids is 1. The molecule has 0 spiro atoms. The predicted octanol–water partition coefficient (Wildman–Crippen LogP) is 3.44. The minimum absolute atomic E-state index is 0.0295. The molecule has 0 aliphatic heterocycles. The number of hydrogen-bond donors (Lipinski definition) is 3. The van der Waals surface area contributed by atoms with E-state index in [-0.39, 0.29) is 18.0 Å². The second-order valence-corrected chi connectivity index (χ2v) is 8.18. The second-order valence-electron chi connectivity index (χ2n) is 8.18. The molecule has 4 aromatic rings. The van der Waals surface area contributed by atoms with Crippen molar-refractivity contribution < 1.29 is 9.53 Å². The Morgan fingerprint density at radius 3 is 2.72 bits per heavy atom. The zero-order valence-corrected chi connectivity index (χ0v) is 18.1. The predicted molar refractivity (Wildman–Crippen MR) is 122 cm³/mol. The van der Waals surface area contributed by atoms with Crippen molar-refractivity contribution in [2.24, 2.45) is 0 Å². The van der Waals surface area contributed by atoms with Crippen molar-refractivity contribution in [2.75, 3.05) is 12.4 Å². The number of anilines is 1. The number of benzene rings is 1. The van der Waals surface area contributed by atoms with Crippen molar-refractivity contribution in [3.63, 3.8) is 0 Å². The van der Waals surface area contributed by atoms with E-state index in [1.165, 1.54) is 0 Å². The van der Waals surface area contributed by atoms with E-state index in [1.54, 1.807) is 20.2 Å². The second kappa shape index (κ2) is 8.41. The van der Waals surface area contributed by atoms with Crippen LogP contribution in [-0.4, -0.2) is 50.2 Å². The Kier molecular flexibility index (Phi) is 5.30. The molecule has 0 unspecified atom stereocenters. The third-order valence-corrected chi connectivity index (χ3v) is 5.98. The minimum atomic E-state index is 0.0295. The molecule has 9 nitrogen and oxygen atoms in total. The van der Waals surface area contributed by atoms with E-state index >= 15 is 0 Å². The molecule has 0 saturated heterocycles. The quantitative estimate of drug-likeness (QED) is 0.443. The lowest BCUT2D eigenvalue weighted by molar-refractivity contribution is -0.119. The average Bonchev–Trinajstić information content (AvgIpc) is 3.23. The first kappa shape index (κ1) is 20.2. The van der Waals surface area contributed by atoms with Crippen LogP contribution in [-0.2, 0) is 4.79 Å². The van der Waals surface area contributed by atoms with Gasteiger partial charge in [-0.3, -0.25) is 4.79 Å². The van der Waals surface area contributed by atoms with E-state index in [9.17, 15) is 4.79 Å². The van der Waals surface area contributed by atoms with Crippen LogP contribution in [0.4, 0.5) is 5.95 Å². The normalized spacial score (nSPS) is 18.6. The van der Waals surface area contributed by atoms with Gasteiger partial charge in [0.05, 0.1) is 24.2 Å². The SMILES string of the molecule is COc1nc(NC2CCC(NC(C)=O)CC2)nc2[nH]cc(-c3ccc4nnccc4c3)c12. The van der Waals surface area contributed by atoms with Gasteiger partial charge in [0.2, 0.25) is 17.7 Å². The first-order chi connectivity index (χ1) is 15.6. The molecule has 1 saturated carbocycles. The zero-order chi connectivity index (χ0) is 22.1. The fourth-order valence-corrected chi connectivity index (χ4v) is 4.45. The van der Waals surface area contributed by atoms with Crippen LogP contribution in [0.25, 0.3) is 33.1 Å². The first-order valence-corrected chi connectivity index (χ1v) is 10.8. The standard InChI is InChI=1S/C23H25N7O2/c1-13(31)26-16-4-6-17(7-5-16)27-23-28-21-20(22(29-23)32-2)18(12-24-21)14-3-8-19-15(11-14)9-10-25-30-19/h3,8-12,16-17H,4-7H2,1-2H3,(H,26,31)(H2,24,27,28,29). The number of nitrogens with zero attached hydrogens (tertiary/aromatic N) is 4. The Hall–Kier alpha value is -3.75. The fourth-order valence-electron chi connectivity index (χ4n) is 4.45. The van der Waals surface area contributed by atoms with Crippen LogP contribution in [0.3, 0.4) is 0 Å². The van der Waals surface area contributed by atoms with Gasteiger partial charge in [-0.2, -0.15) is 20.2 Å². The lowest BCUT2D eigenvalue weighted by Crippen LogP contribution is -2.39. The highest BCUT2D eigenvalue weighted by atomic mass is 16.5. The smallest absolute Gasteiger partial charge is 0.228 e. The van der Waals surface area contributed by atoms with Gasteiger partial charge >= 0.3 is 0 Å². The van der Waals surface area contributed by atoms with Gasteiger partial charge in [0, 0.05) is 36.2 Å². The molecule has 1 fully saturated rings. The number of ether oxygens (including phenoxy) is 1. The van der Waals surface area contributed by atoms with Gasteiger partial charge in [0.1, 0.15) is 5.65 Å². The summed E-state index contributed by atoms with van der Waals surface area (Å²) in [4.78, 5) is 23.9. The summed E-state index contributed by atoms with van der Waals surface area (Å²) in [5.74, 6) is 1.09. The third kappa shape index (κ3) is 3.93. The molecule has 0 atom stereocenters. The lowest BCUT2D eigenvalue weighted by Gasteiger charge is -2.29. The summed E-state index contributed by atoms with van der Waals surface area (Å²) in [5.41, 5.74) is 3.56. The maximum atomic E-state index is 11.3. The first-order valence-electron chi connectivity index (χ1n) is 10.8. The molecule has 5 rings (SSSR count). The lowest BCUT2D eigenvalue weighted by atomic mass is 9.91. The molecule has 0 bridgehead atoms. The maximum Gasteiger partial charge on any atom is 0.228 e. The molecular formula is C23H25N7O2. The zero-order valence-electron chi connectivity index (χ0n) is 18.1. The molecule has 3 N–H and O–H groups in total. The number of nitrogens with one attached hydrogen (secondary N) is 3. The summed E-state index contributed by atoms with van der Waals surface area (Å²) in [5, 5.41) is 16.4. The molecule has 3 heterocycles. The van der Waals surface area contributed by atoms with Gasteiger partial charge in [0.25, 0.3) is 0 Å². The van der Waals surface area contributed by atoms with Gasteiger partial charge in [-0.25, -0.2) is 0 Å². The summed E-state index contributed by atoms with van der Waals surface area (Å²) in [6.07, 6.45) is 7.40. The van der Waals surface area contributed by atoms with Crippen molar-refractivity contribution in [1.29, 1.82) is 0 Å². The van der Waals surface area contributed by atoms with Crippen molar-refractivity contribution in [1.82, 2.24) is 30.5 Å². The highest BCUT2D eigenvalue weighted by molar-refractivity contribution is 5.99. The highest BCUT2D eigenvalue weighted by Crippen LogP contribution is 2.35. The number of rotatable bonds is 5. The van der Waals surface area contributed by atoms with Gasteiger partial charge < -0.3 is 20.4 Å². The Labute approximate surface area is 185 Å². The molecule has 0 radical (unpaired) electrons. The number of amides is 1. The topological polar surface area (TPSA) is 118 Å². The molecule has 1 aliphatic carbocycles. The van der Waals surface area contributed by atoms with E-state index in [0.717, 1.165) is 53.1 Å².